The van der Waals surface area contributed by atoms with Crippen LogP contribution >= 0.6 is 0 Å². The van der Waals surface area contributed by atoms with Gasteiger partial charge in [-0.15, -0.1) is 0 Å². The molecule has 1 heterocycles. The highest BCUT2D eigenvalue weighted by molar-refractivity contribution is 5.28. The summed E-state index contributed by atoms with van der Waals surface area (Å²) in [6.45, 7) is 6.52. The Morgan fingerprint density at radius 2 is 1.85 bits per heavy atom. The van der Waals surface area contributed by atoms with Crippen molar-refractivity contribution in [3.63, 3.8) is 0 Å². The Morgan fingerprint density at radius 3 is 2.30 bits per heavy atom. The number of nitrogens with zero attached hydrogens (tertiary/aromatic N) is 2. The third-order valence-electron chi connectivity index (χ3n) is 3.86. The molecule has 20 heavy (non-hydrogen) atoms. The first-order valence-electron chi connectivity index (χ1n) is 7.27. The fraction of sp³-hybridized carbons (Fsp3) is 0.471. The van der Waals surface area contributed by atoms with Crippen molar-refractivity contribution < 1.29 is 0 Å². The molecule has 0 aliphatic carbocycles. The van der Waals surface area contributed by atoms with Gasteiger partial charge in [-0.2, -0.15) is 5.10 Å². The minimum Gasteiger partial charge on any atom is -0.313 e. The SMILES string of the molecule is CNC(Cc1ccc(C(C)C)cc1)c1cn(C)nc1C. The van der Waals surface area contributed by atoms with Crippen molar-refractivity contribution in [2.45, 2.75) is 39.2 Å². The van der Waals surface area contributed by atoms with Crippen LogP contribution in [0.2, 0.25) is 0 Å². The first-order chi connectivity index (χ1) is 9.51. The molecule has 1 unspecified atom stereocenters. The Labute approximate surface area is 122 Å². The van der Waals surface area contributed by atoms with Gasteiger partial charge in [0, 0.05) is 24.8 Å². The second kappa shape index (κ2) is 6.23. The number of aryl methyl sites for hydroxylation is 2. The maximum absolute atomic E-state index is 4.44. The Kier molecular flexibility index (Phi) is 4.61. The summed E-state index contributed by atoms with van der Waals surface area (Å²) in [5, 5.41) is 7.84. The molecule has 3 heteroatoms. The van der Waals surface area contributed by atoms with Crippen LogP contribution in [0, 0.1) is 6.92 Å². The minimum absolute atomic E-state index is 0.314. The lowest BCUT2D eigenvalue weighted by Crippen LogP contribution is -2.19. The average Bonchev–Trinajstić information content (AvgIpc) is 2.75. The predicted molar refractivity (Wildman–Crippen MR) is 84.0 cm³/mol. The van der Waals surface area contributed by atoms with Gasteiger partial charge < -0.3 is 5.32 Å². The zero-order valence-electron chi connectivity index (χ0n) is 13.1. The van der Waals surface area contributed by atoms with Crippen molar-refractivity contribution in [3.8, 4) is 0 Å². The number of hydrogen-bond acceptors (Lipinski definition) is 2. The van der Waals surface area contributed by atoms with E-state index in [1.807, 2.05) is 18.8 Å². The van der Waals surface area contributed by atoms with Gasteiger partial charge in [0.2, 0.25) is 0 Å². The van der Waals surface area contributed by atoms with Crippen LogP contribution in [0.1, 0.15) is 48.2 Å². The minimum atomic E-state index is 0.314. The molecule has 1 N–H and O–H groups in total. The van der Waals surface area contributed by atoms with Crippen LogP contribution in [0.25, 0.3) is 0 Å². The molecule has 1 aromatic heterocycles. The van der Waals surface area contributed by atoms with Crippen molar-refractivity contribution in [3.05, 3.63) is 52.8 Å². The van der Waals surface area contributed by atoms with Crippen molar-refractivity contribution in [2.24, 2.45) is 7.05 Å². The van der Waals surface area contributed by atoms with Crippen molar-refractivity contribution in [1.82, 2.24) is 15.1 Å². The number of rotatable bonds is 5. The Hall–Kier alpha value is -1.61. The van der Waals surface area contributed by atoms with Crippen molar-refractivity contribution in [1.29, 1.82) is 0 Å². The molecule has 0 amide bonds. The monoisotopic (exact) mass is 271 g/mol. The highest BCUT2D eigenvalue weighted by Crippen LogP contribution is 2.22. The molecule has 0 saturated carbocycles. The topological polar surface area (TPSA) is 29.9 Å². The average molecular weight is 271 g/mol. The fourth-order valence-electron chi connectivity index (χ4n) is 2.60. The maximum atomic E-state index is 4.44. The second-order valence-corrected chi connectivity index (χ2v) is 5.79. The summed E-state index contributed by atoms with van der Waals surface area (Å²) in [5.41, 5.74) is 5.14. The Balaban J connectivity index is 2.16. The zero-order valence-corrected chi connectivity index (χ0v) is 13.1. The third kappa shape index (κ3) is 3.28. The largest absolute Gasteiger partial charge is 0.313 e. The molecule has 0 fully saturated rings. The van der Waals surface area contributed by atoms with E-state index in [1.165, 1.54) is 16.7 Å². The molecule has 0 aliphatic heterocycles. The van der Waals surface area contributed by atoms with Gasteiger partial charge in [0.25, 0.3) is 0 Å². The summed E-state index contributed by atoms with van der Waals surface area (Å²) in [7, 11) is 3.99. The van der Waals surface area contributed by atoms with Gasteiger partial charge in [-0.3, -0.25) is 4.68 Å². The van der Waals surface area contributed by atoms with E-state index in [0.717, 1.165) is 12.1 Å². The summed E-state index contributed by atoms with van der Waals surface area (Å²) >= 11 is 0. The quantitative estimate of drug-likeness (QED) is 0.903. The van der Waals surface area contributed by atoms with E-state index in [0.29, 0.717) is 12.0 Å². The summed E-state index contributed by atoms with van der Waals surface area (Å²) in [5.74, 6) is 0.588. The van der Waals surface area contributed by atoms with E-state index >= 15 is 0 Å². The number of aromatic nitrogens is 2. The number of likely N-dealkylation sites (N-methyl/N-ethyl adjacent to an activating group) is 1. The molecular formula is C17H25N3. The third-order valence-corrected chi connectivity index (χ3v) is 3.86. The van der Waals surface area contributed by atoms with Crippen molar-refractivity contribution in [2.75, 3.05) is 7.05 Å². The van der Waals surface area contributed by atoms with E-state index in [1.54, 1.807) is 0 Å². The molecule has 0 spiro atoms. The summed E-state index contributed by atoms with van der Waals surface area (Å²) in [4.78, 5) is 0. The van der Waals surface area contributed by atoms with Crippen LogP contribution in [0.15, 0.2) is 30.5 Å². The first-order valence-corrected chi connectivity index (χ1v) is 7.27. The van der Waals surface area contributed by atoms with Crippen LogP contribution in [0.4, 0.5) is 0 Å². The second-order valence-electron chi connectivity index (χ2n) is 5.79. The molecular weight excluding hydrogens is 246 g/mol. The summed E-state index contributed by atoms with van der Waals surface area (Å²) in [6, 6.07) is 9.27. The Bertz CT molecular complexity index is 552. The molecule has 1 aromatic carbocycles. The molecule has 1 atom stereocenters. The van der Waals surface area contributed by atoms with Gasteiger partial charge in [-0.05, 0) is 37.4 Å². The van der Waals surface area contributed by atoms with Gasteiger partial charge in [0.15, 0.2) is 0 Å². The van der Waals surface area contributed by atoms with Gasteiger partial charge in [0.1, 0.15) is 0 Å². The number of hydrogen-bond donors (Lipinski definition) is 1. The van der Waals surface area contributed by atoms with E-state index in [-0.39, 0.29) is 0 Å². The molecule has 3 nitrogen and oxygen atoms in total. The van der Waals surface area contributed by atoms with Crippen LogP contribution in [-0.2, 0) is 13.5 Å². The van der Waals surface area contributed by atoms with Crippen LogP contribution in [0.3, 0.4) is 0 Å². The van der Waals surface area contributed by atoms with Crippen LogP contribution < -0.4 is 5.32 Å². The summed E-state index contributed by atoms with van der Waals surface area (Å²) < 4.78 is 1.89. The van der Waals surface area contributed by atoms with E-state index in [2.05, 4.69) is 61.6 Å². The molecule has 108 valence electrons. The molecule has 0 saturated heterocycles. The lowest BCUT2D eigenvalue weighted by molar-refractivity contribution is 0.588. The van der Waals surface area contributed by atoms with Gasteiger partial charge in [-0.25, -0.2) is 0 Å². The van der Waals surface area contributed by atoms with E-state index < -0.39 is 0 Å². The number of nitrogens with one attached hydrogen (secondary N) is 1. The number of benzene rings is 1. The maximum Gasteiger partial charge on any atom is 0.0641 e. The van der Waals surface area contributed by atoms with Gasteiger partial charge >= 0.3 is 0 Å². The predicted octanol–water partition coefficient (Wildman–Crippen LogP) is 3.36. The Morgan fingerprint density at radius 1 is 1.20 bits per heavy atom. The molecule has 2 rings (SSSR count). The molecule has 0 radical (unpaired) electrons. The molecule has 2 aromatic rings. The lowest BCUT2D eigenvalue weighted by Gasteiger charge is -2.16. The van der Waals surface area contributed by atoms with Gasteiger partial charge in [0.05, 0.1) is 5.69 Å². The fourth-order valence-corrected chi connectivity index (χ4v) is 2.60. The van der Waals surface area contributed by atoms with Crippen LogP contribution in [0.5, 0.6) is 0 Å². The highest BCUT2D eigenvalue weighted by atomic mass is 15.3. The van der Waals surface area contributed by atoms with Gasteiger partial charge in [-0.1, -0.05) is 38.1 Å². The zero-order chi connectivity index (χ0) is 14.7. The van der Waals surface area contributed by atoms with Crippen LogP contribution in [-0.4, -0.2) is 16.8 Å². The summed E-state index contributed by atoms with van der Waals surface area (Å²) in [6.07, 6.45) is 3.10. The first kappa shape index (κ1) is 14.8. The smallest absolute Gasteiger partial charge is 0.0641 e. The van der Waals surface area contributed by atoms with Crippen molar-refractivity contribution >= 4 is 0 Å². The lowest BCUT2D eigenvalue weighted by atomic mass is 9.96. The molecule has 0 bridgehead atoms. The normalized spacial score (nSPS) is 12.9. The van der Waals surface area contributed by atoms with E-state index in [9.17, 15) is 0 Å². The highest BCUT2D eigenvalue weighted by Gasteiger charge is 2.15. The van der Waals surface area contributed by atoms with E-state index in [4.69, 9.17) is 0 Å². The standard InChI is InChI=1S/C17H25N3/c1-12(2)15-8-6-14(7-9-15)10-17(18-4)16-11-20(5)19-13(16)3/h6-9,11-12,17-18H,10H2,1-5H3. The molecule has 0 aliphatic rings.